The van der Waals surface area contributed by atoms with Crippen LogP contribution in [-0.4, -0.2) is 29.4 Å². The molecule has 1 aliphatic heterocycles. The fraction of sp³-hybridized carbons (Fsp3) is 0.737. The molecule has 23 heavy (non-hydrogen) atoms. The molecule has 0 aromatic carbocycles. The maximum Gasteiger partial charge on any atom is 0.237 e. The molecule has 1 aromatic rings. The van der Waals surface area contributed by atoms with Gasteiger partial charge in [-0.3, -0.25) is 4.79 Å². The molecule has 3 nitrogen and oxygen atoms in total. The predicted molar refractivity (Wildman–Crippen MR) is 98.9 cm³/mol. The molecule has 1 unspecified atom stereocenters. The zero-order chi connectivity index (χ0) is 17.3. The van der Waals surface area contributed by atoms with Gasteiger partial charge in [0.2, 0.25) is 5.91 Å². The maximum atomic E-state index is 12.8. The van der Waals surface area contributed by atoms with Crippen LogP contribution in [0.15, 0.2) is 11.4 Å². The predicted octanol–water partition coefficient (Wildman–Crippen LogP) is 4.39. The van der Waals surface area contributed by atoms with Gasteiger partial charge in [-0.15, -0.1) is 11.3 Å². The number of hydrogen-bond acceptors (Lipinski definition) is 3. The van der Waals surface area contributed by atoms with Crippen LogP contribution in [-0.2, 0) is 11.2 Å². The number of hydrogen-bond donors (Lipinski definition) is 1. The molecule has 4 heteroatoms. The van der Waals surface area contributed by atoms with E-state index in [0.29, 0.717) is 6.54 Å². The smallest absolute Gasteiger partial charge is 0.237 e. The molecule has 0 bridgehead atoms. The number of amides is 1. The van der Waals surface area contributed by atoms with Crippen LogP contribution in [0.5, 0.6) is 0 Å². The first-order chi connectivity index (χ1) is 10.6. The van der Waals surface area contributed by atoms with Crippen LogP contribution in [0.2, 0.25) is 0 Å². The molecular weight excluding hydrogens is 304 g/mol. The van der Waals surface area contributed by atoms with Crippen LogP contribution in [0.25, 0.3) is 0 Å². The lowest BCUT2D eigenvalue weighted by Crippen LogP contribution is -2.49. The van der Waals surface area contributed by atoms with E-state index >= 15 is 0 Å². The Balaban J connectivity index is 1.98. The molecule has 2 heterocycles. The Morgan fingerprint density at radius 3 is 2.65 bits per heavy atom. The highest BCUT2D eigenvalue weighted by Crippen LogP contribution is 2.35. The van der Waals surface area contributed by atoms with Crippen molar-refractivity contribution in [1.82, 2.24) is 10.2 Å². The van der Waals surface area contributed by atoms with Crippen molar-refractivity contribution < 1.29 is 4.79 Å². The van der Waals surface area contributed by atoms with Crippen molar-refractivity contribution in [3.8, 4) is 0 Å². The van der Waals surface area contributed by atoms with E-state index in [1.54, 1.807) is 0 Å². The van der Waals surface area contributed by atoms with Gasteiger partial charge in [-0.2, -0.15) is 0 Å². The Morgan fingerprint density at radius 2 is 2.04 bits per heavy atom. The first kappa shape index (κ1) is 18.5. The van der Waals surface area contributed by atoms with Crippen LogP contribution >= 0.6 is 11.3 Å². The molecule has 0 radical (unpaired) electrons. The van der Waals surface area contributed by atoms with E-state index in [0.717, 1.165) is 25.8 Å². The average Bonchev–Trinajstić information content (AvgIpc) is 2.89. The molecule has 0 saturated carbocycles. The van der Waals surface area contributed by atoms with Crippen LogP contribution in [0, 0.1) is 5.41 Å². The monoisotopic (exact) mass is 336 g/mol. The fourth-order valence-corrected chi connectivity index (χ4v) is 4.87. The second-order valence-electron chi connectivity index (χ2n) is 8.54. The van der Waals surface area contributed by atoms with Crippen molar-refractivity contribution in [1.29, 1.82) is 0 Å². The summed E-state index contributed by atoms with van der Waals surface area (Å²) in [5.74, 6) is 0.232. The summed E-state index contributed by atoms with van der Waals surface area (Å²) in [6, 6.07) is 2.45. The van der Waals surface area contributed by atoms with Crippen molar-refractivity contribution in [2.24, 2.45) is 5.41 Å². The molecular formula is C19H32N2OS. The third kappa shape index (κ3) is 4.80. The van der Waals surface area contributed by atoms with E-state index < -0.39 is 0 Å². The summed E-state index contributed by atoms with van der Waals surface area (Å²) in [6.45, 7) is 14.6. The third-order valence-electron chi connectivity index (χ3n) is 4.49. The number of nitrogens with zero attached hydrogens (tertiary/aromatic N) is 1. The molecule has 1 aliphatic rings. The summed E-state index contributed by atoms with van der Waals surface area (Å²) in [6.07, 6.45) is 3.03. The molecule has 130 valence electrons. The van der Waals surface area contributed by atoms with E-state index in [1.807, 2.05) is 11.3 Å². The van der Waals surface area contributed by atoms with E-state index in [1.165, 1.54) is 10.4 Å². The van der Waals surface area contributed by atoms with Crippen molar-refractivity contribution >= 4 is 17.2 Å². The van der Waals surface area contributed by atoms with Crippen molar-refractivity contribution in [3.05, 3.63) is 21.9 Å². The topological polar surface area (TPSA) is 32.3 Å². The maximum absolute atomic E-state index is 12.8. The lowest BCUT2D eigenvalue weighted by Gasteiger charge is -2.37. The number of thiophene rings is 1. The van der Waals surface area contributed by atoms with Crippen molar-refractivity contribution in [2.75, 3.05) is 13.1 Å². The molecule has 0 aliphatic carbocycles. The minimum absolute atomic E-state index is 0.0288. The average molecular weight is 337 g/mol. The van der Waals surface area contributed by atoms with Gasteiger partial charge in [-0.25, -0.2) is 0 Å². The minimum atomic E-state index is -0.0288. The zero-order valence-corrected chi connectivity index (χ0v) is 16.3. The quantitative estimate of drug-likeness (QED) is 0.865. The van der Waals surface area contributed by atoms with Gasteiger partial charge in [-0.1, -0.05) is 27.7 Å². The highest BCUT2D eigenvalue weighted by molar-refractivity contribution is 7.10. The molecule has 1 amide bonds. The summed E-state index contributed by atoms with van der Waals surface area (Å²) in [4.78, 5) is 16.3. The van der Waals surface area contributed by atoms with Crippen molar-refractivity contribution in [3.63, 3.8) is 0 Å². The van der Waals surface area contributed by atoms with Gasteiger partial charge < -0.3 is 10.2 Å². The number of fused-ring (bicyclic) bond motifs is 1. The fourth-order valence-electron chi connectivity index (χ4n) is 3.94. The van der Waals surface area contributed by atoms with E-state index in [-0.39, 0.29) is 22.9 Å². The van der Waals surface area contributed by atoms with Crippen molar-refractivity contribution in [2.45, 2.75) is 72.4 Å². The number of carbonyl (C=O) groups is 1. The number of nitrogens with one attached hydrogen (secondary N) is 1. The lowest BCUT2D eigenvalue weighted by atomic mass is 9.82. The molecule has 0 fully saturated rings. The first-order valence-corrected chi connectivity index (χ1v) is 9.62. The summed E-state index contributed by atoms with van der Waals surface area (Å²) in [5.41, 5.74) is 1.59. The minimum Gasteiger partial charge on any atom is -0.334 e. The molecule has 0 saturated heterocycles. The molecule has 0 spiro atoms. The van der Waals surface area contributed by atoms with Crippen LogP contribution in [0.4, 0.5) is 0 Å². The van der Waals surface area contributed by atoms with Gasteiger partial charge in [-0.05, 0) is 55.5 Å². The molecule has 1 aromatic heterocycles. The highest BCUT2D eigenvalue weighted by atomic mass is 32.1. The SMILES string of the molecule is CCC1c2ccsc2CCN1C(=O)CNC(C)(C)CC(C)(C)C. The normalized spacial score (nSPS) is 18.9. The highest BCUT2D eigenvalue weighted by Gasteiger charge is 2.31. The van der Waals surface area contributed by atoms with Gasteiger partial charge in [0.25, 0.3) is 0 Å². The molecule has 2 rings (SSSR count). The second kappa shape index (κ2) is 6.94. The van der Waals surface area contributed by atoms with E-state index in [4.69, 9.17) is 0 Å². The van der Waals surface area contributed by atoms with Gasteiger partial charge in [0, 0.05) is 17.0 Å². The second-order valence-corrected chi connectivity index (χ2v) is 9.54. The Bertz CT molecular complexity index is 542. The number of carbonyl (C=O) groups excluding carboxylic acids is 1. The van der Waals surface area contributed by atoms with Gasteiger partial charge in [0.05, 0.1) is 12.6 Å². The van der Waals surface area contributed by atoms with Crippen LogP contribution < -0.4 is 5.32 Å². The van der Waals surface area contributed by atoms with Crippen LogP contribution in [0.3, 0.4) is 0 Å². The zero-order valence-electron chi connectivity index (χ0n) is 15.5. The van der Waals surface area contributed by atoms with E-state index in [9.17, 15) is 4.79 Å². The van der Waals surface area contributed by atoms with Crippen LogP contribution in [0.1, 0.15) is 70.9 Å². The first-order valence-electron chi connectivity index (χ1n) is 8.74. The number of rotatable bonds is 5. The largest absolute Gasteiger partial charge is 0.334 e. The summed E-state index contributed by atoms with van der Waals surface area (Å²) in [5, 5.41) is 5.65. The standard InChI is InChI=1S/C19H32N2OS/c1-7-15-14-9-11-23-16(14)8-10-21(15)17(22)12-20-19(5,6)13-18(2,3)4/h9,11,15,20H,7-8,10,12-13H2,1-6H3. The Hall–Kier alpha value is -0.870. The lowest BCUT2D eigenvalue weighted by molar-refractivity contribution is -0.133. The summed E-state index contributed by atoms with van der Waals surface area (Å²) in [7, 11) is 0. The Morgan fingerprint density at radius 1 is 1.35 bits per heavy atom. The Kier molecular flexibility index (Phi) is 5.57. The van der Waals surface area contributed by atoms with E-state index in [2.05, 4.69) is 63.2 Å². The summed E-state index contributed by atoms with van der Waals surface area (Å²) < 4.78 is 0. The molecule has 1 N–H and O–H groups in total. The molecule has 1 atom stereocenters. The Labute approximate surface area is 145 Å². The van der Waals surface area contributed by atoms with Gasteiger partial charge in [0.1, 0.15) is 0 Å². The third-order valence-corrected chi connectivity index (χ3v) is 5.49. The van der Waals surface area contributed by atoms with Gasteiger partial charge >= 0.3 is 0 Å². The summed E-state index contributed by atoms with van der Waals surface area (Å²) >= 11 is 1.83. The van der Waals surface area contributed by atoms with Gasteiger partial charge in [0.15, 0.2) is 0 Å².